The third-order valence-corrected chi connectivity index (χ3v) is 1.34. The molecular weight excluding hydrogens is 198 g/mol. The second kappa shape index (κ2) is 5.27. The van der Waals surface area contributed by atoms with Crippen LogP contribution in [-0.4, -0.2) is 40.7 Å². The van der Waals surface area contributed by atoms with Gasteiger partial charge in [0.1, 0.15) is 0 Å². The molecule has 0 aromatic carbocycles. The molecule has 0 aliphatic carbocycles. The molecule has 1 aromatic heterocycles. The second-order valence-electron chi connectivity index (χ2n) is 2.85. The van der Waals surface area contributed by atoms with Gasteiger partial charge in [-0.3, -0.25) is 10.9 Å². The molecule has 1 aromatic rings. The summed E-state index contributed by atoms with van der Waals surface area (Å²) in [6.07, 6.45) is 0. The van der Waals surface area contributed by atoms with Crippen LogP contribution in [0.3, 0.4) is 0 Å². The Labute approximate surface area is 87.8 Å². The zero-order chi connectivity index (χ0) is 11.3. The van der Waals surface area contributed by atoms with E-state index in [1.807, 2.05) is 21.0 Å². The number of aromatic nitrogens is 3. The topological polar surface area (TPSA) is 101 Å². The number of nitrogens with two attached hydrogens (primary N) is 1. The van der Waals surface area contributed by atoms with Crippen LogP contribution in [0.5, 0.6) is 6.01 Å². The zero-order valence-corrected chi connectivity index (χ0v) is 8.98. The average molecular weight is 213 g/mol. The van der Waals surface area contributed by atoms with Gasteiger partial charge >= 0.3 is 6.01 Å². The molecule has 1 rings (SSSR count). The SMILES string of the molecule is CCOc1nc(NN)nc(NN(C)C)n1. The van der Waals surface area contributed by atoms with Crippen molar-refractivity contribution in [3.8, 4) is 6.01 Å². The molecular formula is C7H15N7O. The Balaban J connectivity index is 2.89. The standard InChI is InChI=1S/C7H15N7O/c1-4-15-7-10-5(12-8)9-6(11-7)13-14(2)3/h4,8H2,1-3H3,(H2,9,10,11,12,13). The Hall–Kier alpha value is -1.67. The summed E-state index contributed by atoms with van der Waals surface area (Å²) in [6, 6.07) is 0.227. The fourth-order valence-corrected chi connectivity index (χ4v) is 0.865. The molecule has 0 saturated heterocycles. The van der Waals surface area contributed by atoms with Gasteiger partial charge in [-0.25, -0.2) is 10.9 Å². The van der Waals surface area contributed by atoms with E-state index in [2.05, 4.69) is 25.8 Å². The molecule has 0 saturated carbocycles. The fraction of sp³-hybridized carbons (Fsp3) is 0.571. The monoisotopic (exact) mass is 213 g/mol. The van der Waals surface area contributed by atoms with E-state index in [9.17, 15) is 0 Å². The van der Waals surface area contributed by atoms with Crippen LogP contribution in [0.2, 0.25) is 0 Å². The molecule has 0 spiro atoms. The maximum Gasteiger partial charge on any atom is 0.323 e. The van der Waals surface area contributed by atoms with E-state index < -0.39 is 0 Å². The quantitative estimate of drug-likeness (QED) is 0.442. The van der Waals surface area contributed by atoms with Crippen LogP contribution in [0.1, 0.15) is 6.92 Å². The highest BCUT2D eigenvalue weighted by Crippen LogP contribution is 2.10. The van der Waals surface area contributed by atoms with Gasteiger partial charge < -0.3 is 4.74 Å². The molecule has 4 N–H and O–H groups in total. The Morgan fingerprint density at radius 3 is 2.47 bits per heavy atom. The maximum atomic E-state index is 5.21. The maximum absolute atomic E-state index is 5.21. The molecule has 0 atom stereocenters. The van der Waals surface area contributed by atoms with Gasteiger partial charge in [-0.15, -0.1) is 0 Å². The first-order valence-electron chi connectivity index (χ1n) is 4.45. The molecule has 1 heterocycles. The lowest BCUT2D eigenvalue weighted by molar-refractivity contribution is 0.311. The van der Waals surface area contributed by atoms with Crippen molar-refractivity contribution in [3.63, 3.8) is 0 Å². The third-order valence-electron chi connectivity index (χ3n) is 1.34. The Morgan fingerprint density at radius 2 is 1.93 bits per heavy atom. The van der Waals surface area contributed by atoms with Crippen LogP contribution >= 0.6 is 0 Å². The molecule has 0 radical (unpaired) electrons. The highest BCUT2D eigenvalue weighted by Gasteiger charge is 2.06. The van der Waals surface area contributed by atoms with Gasteiger partial charge in [0, 0.05) is 14.1 Å². The van der Waals surface area contributed by atoms with Crippen molar-refractivity contribution in [3.05, 3.63) is 0 Å². The number of hydrogen-bond acceptors (Lipinski definition) is 8. The second-order valence-corrected chi connectivity index (χ2v) is 2.85. The van der Waals surface area contributed by atoms with E-state index in [4.69, 9.17) is 10.6 Å². The number of nitrogen functional groups attached to an aromatic ring is 1. The van der Waals surface area contributed by atoms with Gasteiger partial charge in [0.15, 0.2) is 0 Å². The van der Waals surface area contributed by atoms with E-state index in [1.165, 1.54) is 0 Å². The number of nitrogens with zero attached hydrogens (tertiary/aromatic N) is 4. The van der Waals surface area contributed by atoms with Crippen LogP contribution in [0.4, 0.5) is 11.9 Å². The van der Waals surface area contributed by atoms with Crippen LogP contribution in [0.25, 0.3) is 0 Å². The largest absolute Gasteiger partial charge is 0.464 e. The molecule has 0 aliphatic heterocycles. The predicted octanol–water partition coefficient (Wildman–Crippen LogP) is -0.556. The summed E-state index contributed by atoms with van der Waals surface area (Å²) in [4.78, 5) is 11.9. The molecule has 0 amide bonds. The van der Waals surface area contributed by atoms with Gasteiger partial charge in [0.25, 0.3) is 0 Å². The molecule has 0 bridgehead atoms. The molecule has 84 valence electrons. The first-order chi connectivity index (χ1) is 7.15. The average Bonchev–Trinajstić information content (AvgIpc) is 2.16. The van der Waals surface area contributed by atoms with Crippen molar-refractivity contribution in [2.24, 2.45) is 5.84 Å². The van der Waals surface area contributed by atoms with Crippen molar-refractivity contribution in [1.29, 1.82) is 0 Å². The van der Waals surface area contributed by atoms with E-state index >= 15 is 0 Å². The van der Waals surface area contributed by atoms with Gasteiger partial charge in [-0.2, -0.15) is 15.0 Å². The zero-order valence-electron chi connectivity index (χ0n) is 8.98. The number of rotatable bonds is 5. The summed E-state index contributed by atoms with van der Waals surface area (Å²) in [5, 5.41) is 1.70. The summed E-state index contributed by atoms with van der Waals surface area (Å²) < 4.78 is 5.15. The number of anilines is 2. The minimum absolute atomic E-state index is 0.227. The number of ether oxygens (including phenoxy) is 1. The fourth-order valence-electron chi connectivity index (χ4n) is 0.865. The summed E-state index contributed by atoms with van der Waals surface area (Å²) in [6.45, 7) is 2.33. The van der Waals surface area contributed by atoms with Crippen LogP contribution in [0, 0.1) is 0 Å². The minimum Gasteiger partial charge on any atom is -0.464 e. The summed E-state index contributed by atoms with van der Waals surface area (Å²) >= 11 is 0. The van der Waals surface area contributed by atoms with E-state index in [1.54, 1.807) is 5.01 Å². The Kier molecular flexibility index (Phi) is 4.01. The van der Waals surface area contributed by atoms with Gasteiger partial charge in [-0.05, 0) is 6.92 Å². The predicted molar refractivity (Wildman–Crippen MR) is 56.1 cm³/mol. The number of nitrogens with one attached hydrogen (secondary N) is 2. The Morgan fingerprint density at radius 1 is 1.27 bits per heavy atom. The van der Waals surface area contributed by atoms with Crippen LogP contribution in [0.15, 0.2) is 0 Å². The third kappa shape index (κ3) is 3.52. The van der Waals surface area contributed by atoms with Crippen molar-refractivity contribution in [2.75, 3.05) is 31.6 Å². The lowest BCUT2D eigenvalue weighted by atomic mass is 10.8. The highest BCUT2D eigenvalue weighted by atomic mass is 16.5. The minimum atomic E-state index is 0.227. The summed E-state index contributed by atoms with van der Waals surface area (Å²) in [5.41, 5.74) is 5.21. The van der Waals surface area contributed by atoms with Crippen molar-refractivity contribution < 1.29 is 4.74 Å². The molecule has 15 heavy (non-hydrogen) atoms. The van der Waals surface area contributed by atoms with Crippen molar-refractivity contribution >= 4 is 11.9 Å². The normalized spacial score (nSPS) is 10.2. The summed E-state index contributed by atoms with van der Waals surface area (Å²) in [7, 11) is 3.64. The number of hydrazine groups is 2. The van der Waals surface area contributed by atoms with Crippen molar-refractivity contribution in [1.82, 2.24) is 20.0 Å². The molecule has 0 aliphatic rings. The highest BCUT2D eigenvalue weighted by molar-refractivity contribution is 5.33. The lowest BCUT2D eigenvalue weighted by Crippen LogP contribution is -2.22. The molecule has 8 heteroatoms. The smallest absolute Gasteiger partial charge is 0.323 e. The first-order valence-corrected chi connectivity index (χ1v) is 4.45. The van der Waals surface area contributed by atoms with Gasteiger partial charge in [0.05, 0.1) is 6.61 Å². The molecule has 8 nitrogen and oxygen atoms in total. The van der Waals surface area contributed by atoms with Gasteiger partial charge in [-0.1, -0.05) is 0 Å². The molecule has 0 fully saturated rings. The van der Waals surface area contributed by atoms with E-state index in [0.717, 1.165) is 0 Å². The van der Waals surface area contributed by atoms with E-state index in [-0.39, 0.29) is 12.0 Å². The summed E-state index contributed by atoms with van der Waals surface area (Å²) in [5.74, 6) is 5.83. The lowest BCUT2D eigenvalue weighted by Gasteiger charge is -2.12. The Bertz CT molecular complexity index is 316. The van der Waals surface area contributed by atoms with Crippen molar-refractivity contribution in [2.45, 2.75) is 6.92 Å². The molecule has 0 unspecified atom stereocenters. The van der Waals surface area contributed by atoms with Crippen LogP contribution < -0.4 is 21.4 Å². The van der Waals surface area contributed by atoms with Gasteiger partial charge in [0.2, 0.25) is 11.9 Å². The van der Waals surface area contributed by atoms with E-state index in [0.29, 0.717) is 12.6 Å². The number of hydrogen-bond donors (Lipinski definition) is 3. The first kappa shape index (κ1) is 11.4. The van der Waals surface area contributed by atoms with Crippen LogP contribution in [-0.2, 0) is 0 Å².